The van der Waals surface area contributed by atoms with Crippen LogP contribution in [0.3, 0.4) is 0 Å². The van der Waals surface area contributed by atoms with E-state index in [1.165, 1.54) is 25.1 Å². The zero-order chi connectivity index (χ0) is 18.5. The first-order valence-corrected chi connectivity index (χ1v) is 9.72. The van der Waals surface area contributed by atoms with Crippen LogP contribution < -0.4 is 19.9 Å². The molecule has 1 saturated heterocycles. The van der Waals surface area contributed by atoms with Crippen LogP contribution in [0.4, 0.5) is 0 Å². The minimum absolute atomic E-state index is 0.558. The molecule has 1 fully saturated rings. The Bertz CT molecular complexity index is 791. The minimum atomic E-state index is 0.558. The molecular formula is C22H27N2O3+. The van der Waals surface area contributed by atoms with Crippen LogP contribution in [-0.2, 0) is 0 Å². The number of quaternary nitrogens is 1. The van der Waals surface area contributed by atoms with E-state index in [9.17, 15) is 5.21 Å². The molecule has 2 aliphatic rings. The van der Waals surface area contributed by atoms with Crippen molar-refractivity contribution >= 4 is 5.70 Å². The highest BCUT2D eigenvalue weighted by atomic mass is 16.6. The van der Waals surface area contributed by atoms with E-state index in [1.54, 1.807) is 4.90 Å². The van der Waals surface area contributed by atoms with Crippen molar-refractivity contribution in [2.24, 2.45) is 0 Å². The first-order chi connectivity index (χ1) is 13.3. The zero-order valence-electron chi connectivity index (χ0n) is 15.5. The molecule has 5 nitrogen and oxygen atoms in total. The lowest BCUT2D eigenvalue weighted by molar-refractivity contribution is -0.887. The molecule has 2 heterocycles. The molecule has 27 heavy (non-hydrogen) atoms. The number of fused-ring (bicyclic) bond motifs is 1. The highest BCUT2D eigenvalue weighted by molar-refractivity contribution is 5.66. The van der Waals surface area contributed by atoms with Gasteiger partial charge in [-0.1, -0.05) is 36.4 Å². The molecule has 0 spiro atoms. The SMILES string of the molecule is ON/C(=C/CC[NH+]1CC[C@H](c2ccccc2)C1)c1ccc2c(c1)OCCO2. The molecule has 0 bridgehead atoms. The maximum absolute atomic E-state index is 9.57. The number of benzene rings is 2. The van der Waals surface area contributed by atoms with Crippen molar-refractivity contribution in [3.63, 3.8) is 0 Å². The third-order valence-corrected chi connectivity index (χ3v) is 5.47. The predicted octanol–water partition coefficient (Wildman–Crippen LogP) is 2.24. The van der Waals surface area contributed by atoms with Gasteiger partial charge in [0.05, 0.1) is 25.3 Å². The lowest BCUT2D eigenvalue weighted by Gasteiger charge is -2.19. The third-order valence-electron chi connectivity index (χ3n) is 5.47. The van der Waals surface area contributed by atoms with Gasteiger partial charge in [0.15, 0.2) is 11.5 Å². The summed E-state index contributed by atoms with van der Waals surface area (Å²) in [5, 5.41) is 9.57. The number of hydroxylamine groups is 1. The highest BCUT2D eigenvalue weighted by Gasteiger charge is 2.26. The number of likely N-dealkylation sites (tertiary alicyclic amines) is 1. The van der Waals surface area contributed by atoms with E-state index in [2.05, 4.69) is 41.9 Å². The summed E-state index contributed by atoms with van der Waals surface area (Å²) in [6, 6.07) is 16.6. The van der Waals surface area contributed by atoms with Crippen molar-refractivity contribution < 1.29 is 19.6 Å². The number of hydrogen-bond acceptors (Lipinski definition) is 4. The van der Waals surface area contributed by atoms with Crippen molar-refractivity contribution in [2.75, 3.05) is 32.8 Å². The fraction of sp³-hybridized carbons (Fsp3) is 0.364. The predicted molar refractivity (Wildman–Crippen MR) is 104 cm³/mol. The smallest absolute Gasteiger partial charge is 0.162 e. The van der Waals surface area contributed by atoms with Crippen LogP contribution in [0.1, 0.15) is 29.9 Å². The Balaban J connectivity index is 1.34. The molecule has 5 heteroatoms. The van der Waals surface area contributed by atoms with E-state index in [-0.39, 0.29) is 0 Å². The summed E-state index contributed by atoms with van der Waals surface area (Å²) in [7, 11) is 0. The topological polar surface area (TPSA) is 55.2 Å². The Kier molecular flexibility index (Phi) is 5.61. The molecule has 2 aromatic rings. The van der Waals surface area contributed by atoms with Gasteiger partial charge in [0, 0.05) is 24.3 Å². The summed E-state index contributed by atoms with van der Waals surface area (Å²) >= 11 is 0. The Labute approximate surface area is 160 Å². The van der Waals surface area contributed by atoms with Gasteiger partial charge < -0.3 is 14.4 Å². The molecule has 0 aliphatic carbocycles. The highest BCUT2D eigenvalue weighted by Crippen LogP contribution is 2.32. The second kappa shape index (κ2) is 8.46. The van der Waals surface area contributed by atoms with Crippen LogP contribution in [0.25, 0.3) is 5.70 Å². The summed E-state index contributed by atoms with van der Waals surface area (Å²) in [6.45, 7) is 4.60. The van der Waals surface area contributed by atoms with Crippen LogP contribution in [0.5, 0.6) is 11.5 Å². The zero-order valence-corrected chi connectivity index (χ0v) is 15.5. The molecule has 0 saturated carbocycles. The first-order valence-electron chi connectivity index (χ1n) is 9.72. The molecule has 0 amide bonds. The molecule has 142 valence electrons. The van der Waals surface area contributed by atoms with Crippen LogP contribution in [0, 0.1) is 0 Å². The maximum atomic E-state index is 9.57. The van der Waals surface area contributed by atoms with Gasteiger partial charge in [0.2, 0.25) is 0 Å². The fourth-order valence-corrected chi connectivity index (χ4v) is 4.03. The van der Waals surface area contributed by atoms with Crippen molar-refractivity contribution in [1.82, 2.24) is 5.48 Å². The Morgan fingerprint density at radius 2 is 1.93 bits per heavy atom. The molecular weight excluding hydrogens is 340 g/mol. The summed E-state index contributed by atoms with van der Waals surface area (Å²) in [5.74, 6) is 2.16. The molecule has 2 atom stereocenters. The molecule has 2 aromatic carbocycles. The molecule has 4 rings (SSSR count). The van der Waals surface area contributed by atoms with Crippen molar-refractivity contribution in [1.29, 1.82) is 0 Å². The number of nitrogens with one attached hydrogen (secondary N) is 2. The van der Waals surface area contributed by atoms with Gasteiger partial charge in [-0.15, -0.1) is 0 Å². The quantitative estimate of drug-likeness (QED) is 0.686. The first kappa shape index (κ1) is 17.9. The standard InChI is InChI=1S/C22H26N2O3/c25-23-20(18-8-9-21-22(15-18)27-14-13-26-21)7-4-11-24-12-10-19(16-24)17-5-2-1-3-6-17/h1-3,5-9,15,19,23,25H,4,10-14,16H2/p+1/b20-7+/t19-/m0/s1. The summed E-state index contributed by atoms with van der Waals surface area (Å²) in [6.07, 6.45) is 4.22. The van der Waals surface area contributed by atoms with Crippen molar-refractivity contribution in [3.05, 3.63) is 65.7 Å². The lowest BCUT2D eigenvalue weighted by atomic mass is 9.99. The largest absolute Gasteiger partial charge is 0.486 e. The van der Waals surface area contributed by atoms with Crippen LogP contribution in [0.2, 0.25) is 0 Å². The Hall–Kier alpha value is -2.50. The molecule has 0 aromatic heterocycles. The molecule has 0 radical (unpaired) electrons. The van der Waals surface area contributed by atoms with E-state index >= 15 is 0 Å². The van der Waals surface area contributed by atoms with Crippen LogP contribution >= 0.6 is 0 Å². The van der Waals surface area contributed by atoms with Gasteiger partial charge in [0.1, 0.15) is 13.2 Å². The maximum Gasteiger partial charge on any atom is 0.162 e. The second-order valence-corrected chi connectivity index (χ2v) is 7.23. The van der Waals surface area contributed by atoms with Gasteiger partial charge in [-0.05, 0) is 23.8 Å². The minimum Gasteiger partial charge on any atom is -0.486 e. The van der Waals surface area contributed by atoms with Crippen LogP contribution in [-0.4, -0.2) is 38.1 Å². The van der Waals surface area contributed by atoms with Gasteiger partial charge in [-0.2, -0.15) is 0 Å². The van der Waals surface area contributed by atoms with Gasteiger partial charge >= 0.3 is 0 Å². The van der Waals surface area contributed by atoms with Crippen LogP contribution in [0.15, 0.2) is 54.6 Å². The monoisotopic (exact) mass is 367 g/mol. The Morgan fingerprint density at radius 3 is 2.74 bits per heavy atom. The Morgan fingerprint density at radius 1 is 1.11 bits per heavy atom. The average molecular weight is 367 g/mol. The lowest BCUT2D eigenvalue weighted by Crippen LogP contribution is -3.10. The van der Waals surface area contributed by atoms with E-state index in [0.29, 0.717) is 24.8 Å². The summed E-state index contributed by atoms with van der Waals surface area (Å²) in [4.78, 5) is 1.62. The normalized spacial score (nSPS) is 21.9. The molecule has 2 aliphatic heterocycles. The van der Waals surface area contributed by atoms with E-state index in [1.807, 2.05) is 18.2 Å². The number of ether oxygens (including phenoxy) is 2. The van der Waals surface area contributed by atoms with Gasteiger partial charge in [-0.3, -0.25) is 10.7 Å². The molecule has 1 unspecified atom stereocenters. The van der Waals surface area contributed by atoms with Gasteiger partial charge in [0.25, 0.3) is 0 Å². The van der Waals surface area contributed by atoms with E-state index in [4.69, 9.17) is 9.47 Å². The van der Waals surface area contributed by atoms with Crippen molar-refractivity contribution in [3.8, 4) is 11.5 Å². The second-order valence-electron chi connectivity index (χ2n) is 7.23. The van der Waals surface area contributed by atoms with Gasteiger partial charge in [-0.25, -0.2) is 0 Å². The van der Waals surface area contributed by atoms with E-state index < -0.39 is 0 Å². The third kappa shape index (κ3) is 4.26. The van der Waals surface area contributed by atoms with Crippen molar-refractivity contribution in [2.45, 2.75) is 18.8 Å². The number of rotatable bonds is 6. The van der Waals surface area contributed by atoms with E-state index in [0.717, 1.165) is 30.0 Å². The fourth-order valence-electron chi connectivity index (χ4n) is 4.03. The summed E-state index contributed by atoms with van der Waals surface area (Å²) in [5.41, 5.74) is 5.41. The average Bonchev–Trinajstić information content (AvgIpc) is 3.20. The molecule has 3 N–H and O–H groups in total. The number of hydrogen-bond donors (Lipinski definition) is 3. The summed E-state index contributed by atoms with van der Waals surface area (Å²) < 4.78 is 11.2.